The molecule has 0 aliphatic heterocycles. The molecule has 4 N–H and O–H groups in total. The van der Waals surface area contributed by atoms with Crippen molar-refractivity contribution in [1.29, 1.82) is 0 Å². The number of rotatable bonds is 15. The normalized spacial score (nSPS) is 17.1. The second kappa shape index (κ2) is 16.3. The topological polar surface area (TPSA) is 73.4 Å². The summed E-state index contributed by atoms with van der Waals surface area (Å²) in [5, 5.41) is 19.1. The molecule has 0 fully saturated rings. The van der Waals surface area contributed by atoms with Gasteiger partial charge in [-0.1, -0.05) is 48.1 Å². The molecule has 2 atom stereocenters. The first kappa shape index (κ1) is 29.7. The Morgan fingerprint density at radius 3 is 2.44 bits per heavy atom. The number of urea groups is 1. The highest BCUT2D eigenvalue weighted by atomic mass is 32.2. The lowest BCUT2D eigenvalue weighted by molar-refractivity contribution is 0.239. The SMILES string of the molecule is C=C(O)C(CSC/C=C(\C)CC/C=C(\C)CCC=C(C)C)NC1=CC(=C)C(NC(=O)NCC)C1. The highest BCUT2D eigenvalue weighted by molar-refractivity contribution is 7.99. The third-order valence-electron chi connectivity index (χ3n) is 5.59. The van der Waals surface area contributed by atoms with Crippen LogP contribution in [-0.4, -0.2) is 41.3 Å². The Morgan fingerprint density at radius 2 is 1.82 bits per heavy atom. The molecule has 2 amide bonds. The lowest BCUT2D eigenvalue weighted by Gasteiger charge is -2.20. The second-order valence-corrected chi connectivity index (χ2v) is 10.3. The van der Waals surface area contributed by atoms with Gasteiger partial charge in [0.1, 0.15) is 5.76 Å². The maximum absolute atomic E-state index is 11.8. The van der Waals surface area contributed by atoms with Crippen LogP contribution in [-0.2, 0) is 0 Å². The van der Waals surface area contributed by atoms with E-state index in [-0.39, 0.29) is 23.9 Å². The summed E-state index contributed by atoms with van der Waals surface area (Å²) in [5.41, 5.74) is 6.04. The van der Waals surface area contributed by atoms with Gasteiger partial charge in [-0.2, -0.15) is 11.8 Å². The van der Waals surface area contributed by atoms with Crippen molar-refractivity contribution in [3.05, 3.63) is 71.2 Å². The summed E-state index contributed by atoms with van der Waals surface area (Å²) in [5.74, 6) is 1.72. The molecule has 0 aromatic heterocycles. The molecule has 0 radical (unpaired) electrons. The molecule has 5 nitrogen and oxygen atoms in total. The molecule has 0 bridgehead atoms. The number of thioether (sulfide) groups is 1. The van der Waals surface area contributed by atoms with Crippen molar-refractivity contribution in [1.82, 2.24) is 16.0 Å². The largest absolute Gasteiger partial charge is 0.511 e. The van der Waals surface area contributed by atoms with E-state index in [1.807, 2.05) is 13.0 Å². The standard InChI is InChI=1S/C28H45N3O2S/c1-8-29-28(33)31-26-18-25(17-23(26)6)30-27(24(7)32)19-34-16-15-22(5)14-10-13-21(4)12-9-11-20(2)3/h11,13,15,17,26-27,30,32H,6-10,12,14,16,18-19H2,1-5H3,(H2,29,31,33)/b21-13+,22-15+. The Bertz CT molecular complexity index is 820. The van der Waals surface area contributed by atoms with E-state index in [9.17, 15) is 9.90 Å². The zero-order chi connectivity index (χ0) is 25.5. The van der Waals surface area contributed by atoms with Crippen molar-refractivity contribution in [2.75, 3.05) is 18.1 Å². The van der Waals surface area contributed by atoms with Crippen molar-refractivity contribution in [3.63, 3.8) is 0 Å². The maximum Gasteiger partial charge on any atom is 0.315 e. The van der Waals surface area contributed by atoms with E-state index in [1.165, 1.54) is 16.7 Å². The van der Waals surface area contributed by atoms with Gasteiger partial charge in [0.15, 0.2) is 0 Å². The van der Waals surface area contributed by atoms with Crippen LogP contribution >= 0.6 is 11.8 Å². The Labute approximate surface area is 211 Å². The zero-order valence-corrected chi connectivity index (χ0v) is 22.6. The van der Waals surface area contributed by atoms with Gasteiger partial charge in [0.25, 0.3) is 0 Å². The van der Waals surface area contributed by atoms with Crippen LogP contribution in [0, 0.1) is 0 Å². The molecule has 34 heavy (non-hydrogen) atoms. The minimum atomic E-state index is -0.243. The fraction of sp³-hybridized carbons (Fsp3) is 0.536. The number of amides is 2. The van der Waals surface area contributed by atoms with Crippen LogP contribution in [0.1, 0.15) is 66.7 Å². The van der Waals surface area contributed by atoms with Gasteiger partial charge in [-0.05, 0) is 72.0 Å². The van der Waals surface area contributed by atoms with Crippen LogP contribution in [0.5, 0.6) is 0 Å². The molecule has 0 aromatic carbocycles. The molecule has 6 heteroatoms. The molecule has 1 rings (SSSR count). The average molecular weight is 488 g/mol. The van der Waals surface area contributed by atoms with E-state index >= 15 is 0 Å². The van der Waals surface area contributed by atoms with Gasteiger partial charge in [-0.25, -0.2) is 4.79 Å². The monoisotopic (exact) mass is 487 g/mol. The third kappa shape index (κ3) is 12.8. The molecule has 0 aromatic rings. The quantitative estimate of drug-likeness (QED) is 0.118. The maximum atomic E-state index is 11.8. The minimum Gasteiger partial charge on any atom is -0.511 e. The smallest absolute Gasteiger partial charge is 0.315 e. The van der Waals surface area contributed by atoms with Crippen LogP contribution in [0.3, 0.4) is 0 Å². The number of carbonyl (C=O) groups is 1. The number of nitrogens with one attached hydrogen (secondary N) is 3. The number of allylic oxidation sites excluding steroid dienone is 5. The summed E-state index contributed by atoms with van der Waals surface area (Å²) in [7, 11) is 0. The fourth-order valence-electron chi connectivity index (χ4n) is 3.52. The van der Waals surface area contributed by atoms with Crippen molar-refractivity contribution < 1.29 is 9.90 Å². The molecule has 0 spiro atoms. The predicted molar refractivity (Wildman–Crippen MR) is 149 cm³/mol. The van der Waals surface area contributed by atoms with Gasteiger partial charge in [0.2, 0.25) is 0 Å². The second-order valence-electron chi connectivity index (χ2n) is 9.19. The Kier molecular flexibility index (Phi) is 14.2. The van der Waals surface area contributed by atoms with Crippen LogP contribution in [0.4, 0.5) is 4.79 Å². The summed E-state index contributed by atoms with van der Waals surface area (Å²) in [6.45, 7) is 18.9. The van der Waals surface area contributed by atoms with Crippen LogP contribution in [0.25, 0.3) is 0 Å². The molecule has 1 aliphatic rings. The van der Waals surface area contributed by atoms with E-state index in [2.05, 4.69) is 75.0 Å². The number of hydrogen-bond acceptors (Lipinski definition) is 4. The van der Waals surface area contributed by atoms with Crippen molar-refractivity contribution in [2.45, 2.75) is 78.8 Å². The molecule has 0 saturated heterocycles. The summed E-state index contributed by atoms with van der Waals surface area (Å²) in [4.78, 5) is 11.8. The van der Waals surface area contributed by atoms with Gasteiger partial charge in [-0.15, -0.1) is 0 Å². The van der Waals surface area contributed by atoms with Crippen LogP contribution in [0.15, 0.2) is 71.2 Å². The van der Waals surface area contributed by atoms with E-state index in [0.29, 0.717) is 18.7 Å². The zero-order valence-electron chi connectivity index (χ0n) is 21.8. The number of aliphatic hydroxyl groups excluding tert-OH is 1. The average Bonchev–Trinajstić information content (AvgIpc) is 3.08. The molecular weight excluding hydrogens is 442 g/mol. The lowest BCUT2D eigenvalue weighted by atomic mass is 10.1. The van der Waals surface area contributed by atoms with Crippen molar-refractivity contribution in [2.24, 2.45) is 0 Å². The summed E-state index contributed by atoms with van der Waals surface area (Å²) < 4.78 is 0. The first-order valence-electron chi connectivity index (χ1n) is 12.2. The summed E-state index contributed by atoms with van der Waals surface area (Å²) in [6, 6.07) is -0.573. The summed E-state index contributed by atoms with van der Waals surface area (Å²) in [6.07, 6.45) is 13.9. The molecule has 190 valence electrons. The third-order valence-corrected chi connectivity index (χ3v) is 6.56. The molecule has 2 unspecified atom stereocenters. The number of hydrogen-bond donors (Lipinski definition) is 4. The first-order chi connectivity index (χ1) is 16.1. The van der Waals surface area contributed by atoms with E-state index in [1.54, 1.807) is 11.8 Å². The first-order valence-corrected chi connectivity index (χ1v) is 13.4. The van der Waals surface area contributed by atoms with Crippen LogP contribution < -0.4 is 16.0 Å². The van der Waals surface area contributed by atoms with Crippen molar-refractivity contribution in [3.8, 4) is 0 Å². The van der Waals surface area contributed by atoms with Gasteiger partial charge >= 0.3 is 6.03 Å². The van der Waals surface area contributed by atoms with Gasteiger partial charge in [0, 0.05) is 30.2 Å². The molecule has 0 saturated carbocycles. The lowest BCUT2D eigenvalue weighted by Crippen LogP contribution is -2.42. The fourth-order valence-corrected chi connectivity index (χ4v) is 4.57. The molecular formula is C28H45N3O2S. The highest BCUT2D eigenvalue weighted by Gasteiger charge is 2.24. The van der Waals surface area contributed by atoms with Crippen LogP contribution in [0.2, 0.25) is 0 Å². The van der Waals surface area contributed by atoms with E-state index in [4.69, 9.17) is 0 Å². The Morgan fingerprint density at radius 1 is 1.18 bits per heavy atom. The number of carbonyl (C=O) groups excluding carboxylic acids is 1. The van der Waals surface area contributed by atoms with E-state index in [0.717, 1.165) is 42.7 Å². The number of aliphatic hydroxyl groups is 1. The Balaban J connectivity index is 2.39. The van der Waals surface area contributed by atoms with E-state index < -0.39 is 0 Å². The summed E-state index contributed by atoms with van der Waals surface area (Å²) >= 11 is 1.76. The minimum absolute atomic E-state index is 0.119. The van der Waals surface area contributed by atoms with Gasteiger partial charge in [0.05, 0.1) is 12.1 Å². The van der Waals surface area contributed by atoms with Gasteiger partial charge < -0.3 is 21.1 Å². The van der Waals surface area contributed by atoms with Crippen molar-refractivity contribution >= 4 is 17.8 Å². The Hall–Kier alpha value is -2.34. The van der Waals surface area contributed by atoms with Gasteiger partial charge in [-0.3, -0.25) is 0 Å². The molecule has 0 heterocycles. The predicted octanol–water partition coefficient (Wildman–Crippen LogP) is 6.70. The molecule has 1 aliphatic carbocycles. The highest BCUT2D eigenvalue weighted by Crippen LogP contribution is 2.23.